The van der Waals surface area contributed by atoms with Gasteiger partial charge in [0.2, 0.25) is 0 Å². The van der Waals surface area contributed by atoms with Crippen molar-refractivity contribution in [2.45, 2.75) is 25.3 Å². The van der Waals surface area contributed by atoms with Gasteiger partial charge in [0.1, 0.15) is 12.4 Å². The van der Waals surface area contributed by atoms with Crippen LogP contribution in [0.25, 0.3) is 0 Å². The van der Waals surface area contributed by atoms with Crippen LogP contribution in [0.15, 0.2) is 71.6 Å². The molecule has 4 nitrogen and oxygen atoms in total. The van der Waals surface area contributed by atoms with Crippen molar-refractivity contribution >= 4 is 38.9 Å². The highest BCUT2D eigenvalue weighted by molar-refractivity contribution is 7.92. The molecule has 0 fully saturated rings. The van der Waals surface area contributed by atoms with Gasteiger partial charge in [0, 0.05) is 28.2 Å². The first-order chi connectivity index (χ1) is 13.8. The van der Waals surface area contributed by atoms with E-state index in [0.717, 1.165) is 11.1 Å². The van der Waals surface area contributed by atoms with Gasteiger partial charge in [-0.05, 0) is 61.9 Å². The summed E-state index contributed by atoms with van der Waals surface area (Å²) in [4.78, 5) is 0.261. The van der Waals surface area contributed by atoms with Crippen molar-refractivity contribution < 1.29 is 13.2 Å². The van der Waals surface area contributed by atoms with Crippen molar-refractivity contribution in [2.24, 2.45) is 0 Å². The Labute approximate surface area is 181 Å². The van der Waals surface area contributed by atoms with Crippen LogP contribution in [0.3, 0.4) is 0 Å². The molecule has 3 aromatic rings. The van der Waals surface area contributed by atoms with Gasteiger partial charge < -0.3 is 4.74 Å². The molecule has 0 amide bonds. The predicted molar refractivity (Wildman–Crippen MR) is 119 cm³/mol. The molecule has 0 aliphatic carbocycles. The van der Waals surface area contributed by atoms with Crippen LogP contribution < -0.4 is 9.04 Å². The molecule has 0 N–H and O–H groups in total. The molecular weight excluding hydrogens is 429 g/mol. The molecule has 152 valence electrons. The van der Waals surface area contributed by atoms with E-state index in [-0.39, 0.29) is 11.5 Å². The zero-order valence-corrected chi connectivity index (χ0v) is 18.4. The van der Waals surface area contributed by atoms with Gasteiger partial charge in [-0.2, -0.15) is 0 Å². The molecule has 0 saturated carbocycles. The van der Waals surface area contributed by atoms with Crippen molar-refractivity contribution in [3.05, 3.63) is 87.9 Å². The summed E-state index contributed by atoms with van der Waals surface area (Å²) in [5.74, 6) is 0.538. The molecule has 7 heteroatoms. The first kappa shape index (κ1) is 21.5. The number of ether oxygens (including phenoxy) is 1. The highest BCUT2D eigenvalue weighted by Gasteiger charge is 2.24. The van der Waals surface area contributed by atoms with E-state index < -0.39 is 10.0 Å². The molecule has 0 aliphatic rings. The summed E-state index contributed by atoms with van der Waals surface area (Å²) >= 11 is 12.2. The van der Waals surface area contributed by atoms with Gasteiger partial charge >= 0.3 is 0 Å². The lowest BCUT2D eigenvalue weighted by Gasteiger charge is -2.23. The number of aryl methyl sites for hydroxylation is 1. The van der Waals surface area contributed by atoms with Gasteiger partial charge in [0.25, 0.3) is 10.0 Å². The number of halogens is 2. The molecular formula is C22H21Cl2NO3S. The Morgan fingerprint density at radius 1 is 0.966 bits per heavy atom. The summed E-state index contributed by atoms with van der Waals surface area (Å²) in [6, 6.07) is 19.0. The van der Waals surface area contributed by atoms with Gasteiger partial charge in [0.05, 0.1) is 10.6 Å². The Hall–Kier alpha value is -2.21. The summed E-state index contributed by atoms with van der Waals surface area (Å²) in [7, 11) is -3.68. The van der Waals surface area contributed by atoms with E-state index in [4.69, 9.17) is 27.9 Å². The maximum atomic E-state index is 13.1. The first-order valence-electron chi connectivity index (χ1n) is 9.07. The second kappa shape index (κ2) is 9.08. The second-order valence-corrected chi connectivity index (χ2v) is 9.21. The zero-order chi connectivity index (χ0) is 21.0. The zero-order valence-electron chi connectivity index (χ0n) is 16.1. The summed E-state index contributed by atoms with van der Waals surface area (Å²) in [6.07, 6.45) is 0. The minimum absolute atomic E-state index is 0.222. The van der Waals surface area contributed by atoms with E-state index in [1.165, 1.54) is 4.31 Å². The van der Waals surface area contributed by atoms with E-state index >= 15 is 0 Å². The Morgan fingerprint density at radius 2 is 1.72 bits per heavy atom. The number of anilines is 1. The van der Waals surface area contributed by atoms with Crippen molar-refractivity contribution in [1.82, 2.24) is 0 Å². The summed E-state index contributed by atoms with van der Waals surface area (Å²) in [6.45, 7) is 4.18. The minimum Gasteiger partial charge on any atom is -0.489 e. The van der Waals surface area contributed by atoms with Gasteiger partial charge in [-0.15, -0.1) is 0 Å². The summed E-state index contributed by atoms with van der Waals surface area (Å²) < 4.78 is 33.5. The molecule has 3 aromatic carbocycles. The Bertz CT molecular complexity index is 1120. The Kier molecular flexibility index (Phi) is 6.73. The van der Waals surface area contributed by atoms with E-state index in [0.29, 0.717) is 28.0 Å². The van der Waals surface area contributed by atoms with Gasteiger partial charge in [-0.1, -0.05) is 41.4 Å². The number of hydrogen-bond acceptors (Lipinski definition) is 3. The normalized spacial score (nSPS) is 11.3. The lowest BCUT2D eigenvalue weighted by atomic mass is 10.2. The first-order valence-corrected chi connectivity index (χ1v) is 11.3. The van der Waals surface area contributed by atoms with Crippen LogP contribution in [0.2, 0.25) is 10.0 Å². The number of sulfonamides is 1. The number of nitrogens with zero attached hydrogens (tertiary/aromatic N) is 1. The number of rotatable bonds is 7. The van der Waals surface area contributed by atoms with Crippen molar-refractivity contribution in [3.63, 3.8) is 0 Å². The van der Waals surface area contributed by atoms with E-state index in [1.54, 1.807) is 67.6 Å². The molecule has 29 heavy (non-hydrogen) atoms. The smallest absolute Gasteiger partial charge is 0.264 e. The number of benzene rings is 3. The molecule has 0 heterocycles. The summed E-state index contributed by atoms with van der Waals surface area (Å²) in [5.41, 5.74) is 2.17. The molecule has 0 bridgehead atoms. The predicted octanol–water partition coefficient (Wildman–Crippen LogP) is 6.10. The van der Waals surface area contributed by atoms with Crippen molar-refractivity contribution in [3.8, 4) is 5.75 Å². The highest BCUT2D eigenvalue weighted by Crippen LogP contribution is 2.28. The molecule has 0 unspecified atom stereocenters. The lowest BCUT2D eigenvalue weighted by Crippen LogP contribution is -2.30. The average molecular weight is 450 g/mol. The molecule has 0 saturated heterocycles. The standard InChI is InChI=1S/C22H21Cl2NO3S/c1-3-25(29(26,27)21-9-4-6-16(2)12-21)19-7-5-8-20(14-19)28-15-17-13-18(23)10-11-22(17)24/h4-14H,3,15H2,1-2H3. The maximum Gasteiger partial charge on any atom is 0.264 e. The van der Waals surface area contributed by atoms with Crippen LogP contribution in [0.1, 0.15) is 18.1 Å². The fraction of sp³-hybridized carbons (Fsp3) is 0.182. The molecule has 0 aliphatic heterocycles. The third-order valence-corrected chi connectivity index (χ3v) is 6.88. The molecule has 3 rings (SSSR count). The fourth-order valence-corrected chi connectivity index (χ4v) is 4.88. The van der Waals surface area contributed by atoms with Gasteiger partial charge in [-0.25, -0.2) is 8.42 Å². The Balaban J connectivity index is 1.86. The van der Waals surface area contributed by atoms with Crippen LogP contribution in [0.5, 0.6) is 5.75 Å². The Morgan fingerprint density at radius 3 is 2.45 bits per heavy atom. The van der Waals surface area contributed by atoms with Crippen LogP contribution in [-0.4, -0.2) is 15.0 Å². The maximum absolute atomic E-state index is 13.1. The SMILES string of the molecule is CCN(c1cccc(OCc2cc(Cl)ccc2Cl)c1)S(=O)(=O)c1cccc(C)c1. The topological polar surface area (TPSA) is 46.6 Å². The van der Waals surface area contributed by atoms with Crippen LogP contribution in [0, 0.1) is 6.92 Å². The monoisotopic (exact) mass is 449 g/mol. The van der Waals surface area contributed by atoms with Crippen LogP contribution in [0.4, 0.5) is 5.69 Å². The lowest BCUT2D eigenvalue weighted by molar-refractivity contribution is 0.306. The number of hydrogen-bond donors (Lipinski definition) is 0. The quantitative estimate of drug-likeness (QED) is 0.437. The van der Waals surface area contributed by atoms with Crippen LogP contribution >= 0.6 is 23.2 Å². The minimum atomic E-state index is -3.68. The van der Waals surface area contributed by atoms with Crippen molar-refractivity contribution in [1.29, 1.82) is 0 Å². The van der Waals surface area contributed by atoms with Gasteiger partial charge in [0.15, 0.2) is 0 Å². The average Bonchev–Trinajstić information content (AvgIpc) is 2.69. The fourth-order valence-electron chi connectivity index (χ4n) is 2.94. The van der Waals surface area contributed by atoms with Gasteiger partial charge in [-0.3, -0.25) is 4.31 Å². The largest absolute Gasteiger partial charge is 0.489 e. The molecule has 0 radical (unpaired) electrons. The third-order valence-electron chi connectivity index (χ3n) is 4.37. The summed E-state index contributed by atoms with van der Waals surface area (Å²) in [5, 5.41) is 1.13. The van der Waals surface area contributed by atoms with Crippen LogP contribution in [-0.2, 0) is 16.6 Å². The van der Waals surface area contributed by atoms with E-state index in [1.807, 2.05) is 13.0 Å². The van der Waals surface area contributed by atoms with E-state index in [2.05, 4.69) is 0 Å². The highest BCUT2D eigenvalue weighted by atomic mass is 35.5. The molecule has 0 aromatic heterocycles. The third kappa shape index (κ3) is 5.04. The molecule has 0 spiro atoms. The second-order valence-electron chi connectivity index (χ2n) is 6.51. The van der Waals surface area contributed by atoms with E-state index in [9.17, 15) is 8.42 Å². The molecule has 0 atom stereocenters. The van der Waals surface area contributed by atoms with Crippen molar-refractivity contribution in [2.75, 3.05) is 10.8 Å².